The molecule has 0 spiro atoms. The number of benzene rings is 1. The molecule has 0 aliphatic rings. The van der Waals surface area contributed by atoms with Gasteiger partial charge in [0.05, 0.1) is 0 Å². The Morgan fingerprint density at radius 2 is 2.31 bits per heavy atom. The molecule has 0 bridgehead atoms. The van der Waals surface area contributed by atoms with Gasteiger partial charge in [0.25, 0.3) is 0 Å². The quantitative estimate of drug-likeness (QED) is 0.522. The van der Waals surface area contributed by atoms with Crippen molar-refractivity contribution >= 4 is 12.1 Å². The minimum absolute atomic E-state index is 0.691. The van der Waals surface area contributed by atoms with Crippen LogP contribution in [-0.4, -0.2) is 20.0 Å². The van der Waals surface area contributed by atoms with Crippen molar-refractivity contribution in [3.05, 3.63) is 29.8 Å². The van der Waals surface area contributed by atoms with E-state index in [-0.39, 0.29) is 0 Å². The Bertz CT molecular complexity index is 273. The number of hydrogen-bond acceptors (Lipinski definition) is 2. The van der Waals surface area contributed by atoms with Gasteiger partial charge in [-0.15, -0.1) is 0 Å². The van der Waals surface area contributed by atoms with Gasteiger partial charge in [0.1, 0.15) is 0 Å². The molecule has 0 aromatic heterocycles. The topological polar surface area (TPSA) is 41.1 Å². The lowest BCUT2D eigenvalue weighted by atomic mass is 10.1. The number of hydrogen-bond donors (Lipinski definition) is 2. The molecular formula is C10H14N2O. The molecule has 0 atom stereocenters. The summed E-state index contributed by atoms with van der Waals surface area (Å²) >= 11 is 0. The molecule has 0 heterocycles. The summed E-state index contributed by atoms with van der Waals surface area (Å²) in [6.07, 6.45) is 1.59. The van der Waals surface area contributed by atoms with E-state index in [1.807, 2.05) is 25.2 Å². The lowest BCUT2D eigenvalue weighted by molar-refractivity contribution is -0.109. The molecule has 0 radical (unpaired) electrons. The normalized spacial score (nSPS) is 9.31. The van der Waals surface area contributed by atoms with Gasteiger partial charge < -0.3 is 10.6 Å². The SMILES string of the molecule is CNc1cccc(CCNC=O)c1. The standard InChI is InChI=1S/C10H14N2O/c1-11-10-4-2-3-9(7-10)5-6-12-8-13/h2-4,7-8,11H,5-6H2,1H3,(H,12,13). The molecule has 0 unspecified atom stereocenters. The highest BCUT2D eigenvalue weighted by Gasteiger charge is 1.93. The van der Waals surface area contributed by atoms with E-state index in [4.69, 9.17) is 0 Å². The molecule has 0 saturated carbocycles. The average molecular weight is 178 g/mol. The van der Waals surface area contributed by atoms with Crippen molar-refractivity contribution < 1.29 is 4.79 Å². The maximum absolute atomic E-state index is 9.99. The van der Waals surface area contributed by atoms with E-state index in [0.717, 1.165) is 18.5 Å². The van der Waals surface area contributed by atoms with Crippen LogP contribution in [0.4, 0.5) is 5.69 Å². The summed E-state index contributed by atoms with van der Waals surface area (Å²) in [7, 11) is 1.89. The first-order valence-electron chi connectivity index (χ1n) is 4.30. The van der Waals surface area contributed by atoms with Crippen LogP contribution in [0, 0.1) is 0 Å². The molecule has 13 heavy (non-hydrogen) atoms. The summed E-state index contributed by atoms with van der Waals surface area (Å²) < 4.78 is 0. The largest absolute Gasteiger partial charge is 0.388 e. The van der Waals surface area contributed by atoms with E-state index in [9.17, 15) is 4.79 Å². The van der Waals surface area contributed by atoms with Gasteiger partial charge in [0.2, 0.25) is 6.41 Å². The van der Waals surface area contributed by atoms with Gasteiger partial charge >= 0.3 is 0 Å². The number of carbonyl (C=O) groups excluding carboxylic acids is 1. The molecule has 1 aromatic carbocycles. The molecule has 70 valence electrons. The third kappa shape index (κ3) is 3.15. The molecule has 1 aromatic rings. The van der Waals surface area contributed by atoms with Crippen LogP contribution >= 0.6 is 0 Å². The minimum Gasteiger partial charge on any atom is -0.388 e. The zero-order chi connectivity index (χ0) is 9.52. The highest BCUT2D eigenvalue weighted by atomic mass is 16.1. The van der Waals surface area contributed by atoms with E-state index < -0.39 is 0 Å². The number of carbonyl (C=O) groups is 1. The van der Waals surface area contributed by atoms with Crippen LogP contribution in [0.3, 0.4) is 0 Å². The van der Waals surface area contributed by atoms with Gasteiger partial charge in [-0.05, 0) is 24.1 Å². The molecule has 3 nitrogen and oxygen atoms in total. The summed E-state index contributed by atoms with van der Waals surface area (Å²) in [5.41, 5.74) is 2.32. The lowest BCUT2D eigenvalue weighted by Gasteiger charge is -2.03. The van der Waals surface area contributed by atoms with Gasteiger partial charge in [-0.1, -0.05) is 12.1 Å². The Hall–Kier alpha value is -1.51. The molecule has 0 saturated heterocycles. The molecule has 1 amide bonds. The first-order valence-corrected chi connectivity index (χ1v) is 4.30. The van der Waals surface area contributed by atoms with Crippen molar-refractivity contribution in [2.45, 2.75) is 6.42 Å². The molecule has 0 aliphatic heterocycles. The van der Waals surface area contributed by atoms with E-state index in [1.165, 1.54) is 5.56 Å². The van der Waals surface area contributed by atoms with Crippen LogP contribution in [-0.2, 0) is 11.2 Å². The van der Waals surface area contributed by atoms with Gasteiger partial charge in [-0.2, -0.15) is 0 Å². The number of amides is 1. The van der Waals surface area contributed by atoms with Gasteiger partial charge in [0, 0.05) is 19.3 Å². The smallest absolute Gasteiger partial charge is 0.207 e. The summed E-state index contributed by atoms with van der Waals surface area (Å²) in [5, 5.41) is 5.70. The van der Waals surface area contributed by atoms with Crippen molar-refractivity contribution in [3.8, 4) is 0 Å². The van der Waals surface area contributed by atoms with Gasteiger partial charge in [0.15, 0.2) is 0 Å². The van der Waals surface area contributed by atoms with Crippen molar-refractivity contribution in [3.63, 3.8) is 0 Å². The molecule has 0 aliphatic carbocycles. The second kappa shape index (κ2) is 5.19. The van der Waals surface area contributed by atoms with Crippen molar-refractivity contribution in [1.82, 2.24) is 5.32 Å². The Balaban J connectivity index is 2.50. The second-order valence-corrected chi connectivity index (χ2v) is 2.77. The first-order chi connectivity index (χ1) is 6.36. The Morgan fingerprint density at radius 3 is 3.00 bits per heavy atom. The van der Waals surface area contributed by atoms with Crippen LogP contribution in [0.1, 0.15) is 5.56 Å². The first kappa shape index (κ1) is 9.58. The monoisotopic (exact) mass is 178 g/mol. The average Bonchev–Trinajstić information content (AvgIpc) is 2.19. The number of anilines is 1. The van der Waals surface area contributed by atoms with Crippen LogP contribution in [0.15, 0.2) is 24.3 Å². The zero-order valence-corrected chi connectivity index (χ0v) is 7.71. The third-order valence-electron chi connectivity index (χ3n) is 1.86. The maximum atomic E-state index is 9.99. The Kier molecular flexibility index (Phi) is 3.82. The third-order valence-corrected chi connectivity index (χ3v) is 1.86. The predicted octanol–water partition coefficient (Wildman–Crippen LogP) is 1.02. The molecule has 2 N–H and O–H groups in total. The second-order valence-electron chi connectivity index (χ2n) is 2.77. The highest BCUT2D eigenvalue weighted by Crippen LogP contribution is 2.09. The van der Waals surface area contributed by atoms with Crippen LogP contribution in [0.2, 0.25) is 0 Å². The van der Waals surface area contributed by atoms with E-state index >= 15 is 0 Å². The summed E-state index contributed by atoms with van der Waals surface area (Å²) in [6.45, 7) is 0.691. The summed E-state index contributed by atoms with van der Waals surface area (Å²) in [5.74, 6) is 0. The van der Waals surface area contributed by atoms with E-state index in [0.29, 0.717) is 6.54 Å². The molecular weight excluding hydrogens is 164 g/mol. The van der Waals surface area contributed by atoms with Crippen molar-refractivity contribution in [2.75, 3.05) is 18.9 Å². The van der Waals surface area contributed by atoms with Crippen molar-refractivity contribution in [1.29, 1.82) is 0 Å². The fourth-order valence-electron chi connectivity index (χ4n) is 1.16. The van der Waals surface area contributed by atoms with Crippen LogP contribution in [0.5, 0.6) is 0 Å². The highest BCUT2D eigenvalue weighted by molar-refractivity contribution is 5.47. The molecule has 0 fully saturated rings. The van der Waals surface area contributed by atoms with Gasteiger partial charge in [-0.25, -0.2) is 0 Å². The maximum Gasteiger partial charge on any atom is 0.207 e. The fraction of sp³-hybridized carbons (Fsp3) is 0.300. The van der Waals surface area contributed by atoms with E-state index in [1.54, 1.807) is 0 Å². The van der Waals surface area contributed by atoms with Crippen LogP contribution in [0.25, 0.3) is 0 Å². The summed E-state index contributed by atoms with van der Waals surface area (Å²) in [4.78, 5) is 9.99. The zero-order valence-electron chi connectivity index (χ0n) is 7.71. The fourth-order valence-corrected chi connectivity index (χ4v) is 1.16. The number of nitrogens with one attached hydrogen (secondary N) is 2. The predicted molar refractivity (Wildman–Crippen MR) is 53.8 cm³/mol. The van der Waals surface area contributed by atoms with Crippen LogP contribution < -0.4 is 10.6 Å². The lowest BCUT2D eigenvalue weighted by Crippen LogP contribution is -2.14. The summed E-state index contributed by atoms with van der Waals surface area (Å²) in [6, 6.07) is 8.14. The Morgan fingerprint density at radius 1 is 1.46 bits per heavy atom. The van der Waals surface area contributed by atoms with E-state index in [2.05, 4.69) is 16.7 Å². The Labute approximate surface area is 78.2 Å². The van der Waals surface area contributed by atoms with Gasteiger partial charge in [-0.3, -0.25) is 4.79 Å². The number of rotatable bonds is 5. The molecule has 3 heteroatoms. The minimum atomic E-state index is 0.691. The van der Waals surface area contributed by atoms with Crippen molar-refractivity contribution in [2.24, 2.45) is 0 Å². The molecule has 1 rings (SSSR count).